The molecule has 3 aromatic rings. The third kappa shape index (κ3) is 1.89. The minimum atomic E-state index is 0.514. The van der Waals surface area contributed by atoms with Crippen molar-refractivity contribution in [2.24, 2.45) is 0 Å². The highest BCUT2D eigenvalue weighted by molar-refractivity contribution is 5.89. The second-order valence-corrected chi connectivity index (χ2v) is 4.00. The van der Waals surface area contributed by atoms with Gasteiger partial charge in [-0.1, -0.05) is 0 Å². The summed E-state index contributed by atoms with van der Waals surface area (Å²) in [6.45, 7) is 0. The van der Waals surface area contributed by atoms with E-state index in [0.717, 1.165) is 16.5 Å². The van der Waals surface area contributed by atoms with Gasteiger partial charge in [-0.3, -0.25) is 0 Å². The zero-order valence-corrected chi connectivity index (χ0v) is 10.2. The van der Waals surface area contributed by atoms with Gasteiger partial charge in [0, 0.05) is 34.9 Å². The molecule has 2 heterocycles. The molecule has 0 radical (unpaired) electrons. The highest BCUT2D eigenvalue weighted by atomic mass is 16.5. The molecule has 5 heteroatoms. The lowest BCUT2D eigenvalue weighted by molar-refractivity contribution is 0.397. The Kier molecular flexibility index (Phi) is 2.62. The maximum absolute atomic E-state index is 9.05. The predicted molar refractivity (Wildman–Crippen MR) is 70.6 cm³/mol. The summed E-state index contributed by atoms with van der Waals surface area (Å²) >= 11 is 0. The molecule has 1 aromatic carbocycles. The van der Waals surface area contributed by atoms with Gasteiger partial charge >= 0.3 is 0 Å². The topological polar surface area (TPSA) is 74.6 Å². The normalized spacial score (nSPS) is 10.3. The maximum Gasteiger partial charge on any atom is 0.216 e. The summed E-state index contributed by atoms with van der Waals surface area (Å²) in [6, 6.07) is 9.57. The molecule has 0 aliphatic heterocycles. The third-order valence-electron chi connectivity index (χ3n) is 2.90. The number of nitrogens with one attached hydrogen (secondary N) is 1. The number of H-pyrrole nitrogens is 1. The molecule has 0 aliphatic rings. The van der Waals surface area contributed by atoms with Crippen LogP contribution in [0.4, 0.5) is 0 Å². The first kappa shape index (κ1) is 11.2. The van der Waals surface area contributed by atoms with Crippen LogP contribution in [0, 0.1) is 11.3 Å². The second kappa shape index (κ2) is 4.42. The first-order valence-electron chi connectivity index (χ1n) is 5.70. The molecule has 0 aliphatic carbocycles. The monoisotopic (exact) mass is 250 g/mol. The number of nitriles is 1. The van der Waals surface area contributed by atoms with E-state index in [2.05, 4.69) is 21.0 Å². The van der Waals surface area contributed by atoms with Gasteiger partial charge in [-0.2, -0.15) is 10.2 Å². The van der Waals surface area contributed by atoms with Gasteiger partial charge in [0.1, 0.15) is 6.07 Å². The zero-order valence-electron chi connectivity index (χ0n) is 10.2. The summed E-state index contributed by atoms with van der Waals surface area (Å²) in [6.07, 6.45) is 3.34. The molecule has 0 saturated carbocycles. The predicted octanol–water partition coefficient (Wildman–Crippen LogP) is 2.51. The molecule has 0 spiro atoms. The molecule has 0 unspecified atom stereocenters. The summed E-state index contributed by atoms with van der Waals surface area (Å²) < 4.78 is 5.08. The van der Waals surface area contributed by atoms with E-state index in [-0.39, 0.29) is 0 Å². The van der Waals surface area contributed by atoms with Crippen molar-refractivity contribution in [2.45, 2.75) is 0 Å². The van der Waals surface area contributed by atoms with E-state index in [9.17, 15) is 0 Å². The van der Waals surface area contributed by atoms with E-state index in [1.54, 1.807) is 25.6 Å². The average molecular weight is 250 g/mol. The zero-order chi connectivity index (χ0) is 13.2. The largest absolute Gasteiger partial charge is 0.481 e. The molecule has 3 rings (SSSR count). The van der Waals surface area contributed by atoms with Crippen LogP contribution in [0.25, 0.3) is 22.3 Å². The molecular weight excluding hydrogens is 240 g/mol. The second-order valence-electron chi connectivity index (χ2n) is 4.00. The number of nitrogens with zero attached hydrogens (tertiary/aromatic N) is 3. The van der Waals surface area contributed by atoms with Crippen molar-refractivity contribution in [2.75, 3.05) is 7.11 Å². The van der Waals surface area contributed by atoms with E-state index in [0.29, 0.717) is 17.3 Å². The van der Waals surface area contributed by atoms with Gasteiger partial charge in [-0.25, -0.2) is 4.98 Å². The van der Waals surface area contributed by atoms with Crippen molar-refractivity contribution in [3.05, 3.63) is 42.2 Å². The van der Waals surface area contributed by atoms with Gasteiger partial charge < -0.3 is 9.72 Å². The van der Waals surface area contributed by atoms with Crippen LogP contribution in [-0.4, -0.2) is 22.1 Å². The van der Waals surface area contributed by atoms with Gasteiger partial charge in [0.05, 0.1) is 12.7 Å². The minimum absolute atomic E-state index is 0.514. The van der Waals surface area contributed by atoms with E-state index < -0.39 is 0 Å². The van der Waals surface area contributed by atoms with Gasteiger partial charge in [0.15, 0.2) is 5.82 Å². The highest BCUT2D eigenvalue weighted by Crippen LogP contribution is 2.24. The number of methoxy groups -OCH3 is 1. The Labute approximate surface area is 109 Å². The summed E-state index contributed by atoms with van der Waals surface area (Å²) in [5.74, 6) is 1.09. The first-order chi connectivity index (χ1) is 9.31. The van der Waals surface area contributed by atoms with Crippen LogP contribution in [0.5, 0.6) is 5.88 Å². The van der Waals surface area contributed by atoms with Crippen LogP contribution in [0.2, 0.25) is 0 Å². The Morgan fingerprint density at radius 3 is 3.00 bits per heavy atom. The lowest BCUT2D eigenvalue weighted by Crippen LogP contribution is -1.92. The first-order valence-corrected chi connectivity index (χ1v) is 5.70. The van der Waals surface area contributed by atoms with Crippen molar-refractivity contribution in [3.63, 3.8) is 0 Å². The molecule has 0 fully saturated rings. The van der Waals surface area contributed by atoms with Crippen LogP contribution in [0.15, 0.2) is 36.7 Å². The molecule has 0 saturated heterocycles. The summed E-state index contributed by atoms with van der Waals surface area (Å²) in [5.41, 5.74) is 2.38. The average Bonchev–Trinajstić information content (AvgIpc) is 2.89. The van der Waals surface area contributed by atoms with Crippen molar-refractivity contribution in [3.8, 4) is 23.3 Å². The van der Waals surface area contributed by atoms with Crippen molar-refractivity contribution in [1.82, 2.24) is 15.0 Å². The van der Waals surface area contributed by atoms with Gasteiger partial charge in [0.2, 0.25) is 5.88 Å². The van der Waals surface area contributed by atoms with Crippen LogP contribution in [0.1, 0.15) is 5.56 Å². The van der Waals surface area contributed by atoms with E-state index in [1.807, 2.05) is 18.2 Å². The Morgan fingerprint density at radius 2 is 2.21 bits per heavy atom. The Morgan fingerprint density at radius 1 is 1.32 bits per heavy atom. The Balaban J connectivity index is 2.17. The van der Waals surface area contributed by atoms with Crippen LogP contribution in [0.3, 0.4) is 0 Å². The van der Waals surface area contributed by atoms with Crippen molar-refractivity contribution >= 4 is 10.9 Å². The maximum atomic E-state index is 9.05. The number of fused-ring (bicyclic) bond motifs is 1. The summed E-state index contributed by atoms with van der Waals surface area (Å²) in [7, 11) is 1.56. The lowest BCUT2D eigenvalue weighted by atomic mass is 10.1. The van der Waals surface area contributed by atoms with Gasteiger partial charge in [-0.15, -0.1) is 0 Å². The molecule has 0 bridgehead atoms. The van der Waals surface area contributed by atoms with Crippen molar-refractivity contribution in [1.29, 1.82) is 5.26 Å². The fraction of sp³-hybridized carbons (Fsp3) is 0.0714. The summed E-state index contributed by atoms with van der Waals surface area (Å²) in [4.78, 5) is 11.6. The summed E-state index contributed by atoms with van der Waals surface area (Å²) in [5, 5.41) is 9.91. The quantitative estimate of drug-likeness (QED) is 0.758. The highest BCUT2D eigenvalue weighted by Gasteiger charge is 2.07. The molecule has 19 heavy (non-hydrogen) atoms. The third-order valence-corrected chi connectivity index (χ3v) is 2.90. The number of ether oxygens (including phenoxy) is 1. The van der Waals surface area contributed by atoms with E-state index >= 15 is 0 Å². The minimum Gasteiger partial charge on any atom is -0.481 e. The fourth-order valence-electron chi connectivity index (χ4n) is 1.95. The van der Waals surface area contributed by atoms with Crippen LogP contribution < -0.4 is 4.74 Å². The molecule has 1 N–H and O–H groups in total. The molecule has 0 atom stereocenters. The molecule has 5 nitrogen and oxygen atoms in total. The van der Waals surface area contributed by atoms with E-state index in [4.69, 9.17) is 10.00 Å². The standard InChI is InChI=1S/C14H10N4O/c1-19-13-4-5-16-14(18-13)9-2-3-12-11(6-9)10(7-15)8-17-12/h2-6,8,17H,1H3. The SMILES string of the molecule is COc1ccnc(-c2ccc3[nH]cc(C#N)c3c2)n1. The fourth-order valence-corrected chi connectivity index (χ4v) is 1.95. The number of hydrogen-bond acceptors (Lipinski definition) is 4. The van der Waals surface area contributed by atoms with Crippen molar-refractivity contribution < 1.29 is 4.74 Å². The number of hydrogen-bond donors (Lipinski definition) is 1. The number of rotatable bonds is 2. The molecule has 92 valence electrons. The number of aromatic nitrogens is 3. The Bertz CT molecular complexity index is 785. The number of aromatic amines is 1. The lowest BCUT2D eigenvalue weighted by Gasteiger charge is -2.03. The van der Waals surface area contributed by atoms with Crippen LogP contribution >= 0.6 is 0 Å². The van der Waals surface area contributed by atoms with E-state index in [1.165, 1.54) is 0 Å². The van der Waals surface area contributed by atoms with Gasteiger partial charge in [0.25, 0.3) is 0 Å². The molecule has 0 amide bonds. The number of benzene rings is 1. The smallest absolute Gasteiger partial charge is 0.216 e. The van der Waals surface area contributed by atoms with Gasteiger partial charge in [-0.05, 0) is 18.2 Å². The molecular formula is C14H10N4O. The van der Waals surface area contributed by atoms with Crippen LogP contribution in [-0.2, 0) is 0 Å². The Hall–Kier alpha value is -2.87. The molecule has 2 aromatic heterocycles.